The lowest BCUT2D eigenvalue weighted by molar-refractivity contribution is -0.126. The number of unbranched alkanes of at least 4 members (excludes halogenated alkanes) is 1. The topological polar surface area (TPSA) is 84.5 Å². The number of alkyl halides is 3. The van der Waals surface area contributed by atoms with Gasteiger partial charge in [-0.1, -0.05) is 68.4 Å². The molecular weight excluding hydrogens is 379 g/mol. The third kappa shape index (κ3) is 11.8. The van der Waals surface area contributed by atoms with Crippen molar-refractivity contribution < 1.29 is 19.1 Å². The number of carbonyl (C=O) groups excluding carboxylic acids is 3. The summed E-state index contributed by atoms with van der Waals surface area (Å²) in [6, 6.07) is -1.41. The Morgan fingerprint density at radius 2 is 1.83 bits per heavy atom. The Labute approximate surface area is 157 Å². The van der Waals surface area contributed by atoms with Gasteiger partial charge in [0.05, 0.1) is 6.04 Å². The van der Waals surface area contributed by atoms with Gasteiger partial charge in [0.1, 0.15) is 18.9 Å². The molecule has 2 amide bonds. The van der Waals surface area contributed by atoms with E-state index in [1.54, 1.807) is 0 Å². The van der Waals surface area contributed by atoms with Gasteiger partial charge in [-0.05, 0) is 18.8 Å². The molecule has 0 bridgehead atoms. The molecule has 0 rings (SSSR count). The van der Waals surface area contributed by atoms with Gasteiger partial charge in [0.2, 0.25) is 9.70 Å². The highest BCUT2D eigenvalue weighted by molar-refractivity contribution is 6.67. The van der Waals surface area contributed by atoms with Crippen LogP contribution in [0.2, 0.25) is 0 Å². The van der Waals surface area contributed by atoms with Crippen molar-refractivity contribution in [1.82, 2.24) is 10.6 Å². The van der Waals surface area contributed by atoms with E-state index in [0.29, 0.717) is 19.1 Å². The Hall–Kier alpha value is -0.720. The Balaban J connectivity index is 4.70. The lowest BCUT2D eigenvalue weighted by Crippen LogP contribution is -2.50. The van der Waals surface area contributed by atoms with Gasteiger partial charge >= 0.3 is 6.09 Å². The lowest BCUT2D eigenvalue weighted by Gasteiger charge is -2.22. The van der Waals surface area contributed by atoms with E-state index in [2.05, 4.69) is 10.6 Å². The molecule has 0 spiro atoms. The van der Waals surface area contributed by atoms with E-state index in [9.17, 15) is 14.4 Å². The van der Waals surface area contributed by atoms with Gasteiger partial charge in [-0.25, -0.2) is 4.79 Å². The molecule has 0 saturated heterocycles. The zero-order valence-electron chi connectivity index (χ0n) is 14.1. The lowest BCUT2D eigenvalue weighted by atomic mass is 10.0. The first-order chi connectivity index (χ1) is 11.1. The second kappa shape index (κ2) is 11.8. The summed E-state index contributed by atoms with van der Waals surface area (Å²) in [6.07, 6.45) is 2.50. The third-order valence-corrected chi connectivity index (χ3v) is 3.37. The summed E-state index contributed by atoms with van der Waals surface area (Å²) in [7, 11) is 0. The predicted octanol–water partition coefficient (Wildman–Crippen LogP) is 3.37. The number of halogens is 3. The molecule has 0 aromatic rings. The molecule has 2 N–H and O–H groups in total. The van der Waals surface area contributed by atoms with Crippen molar-refractivity contribution in [3.8, 4) is 0 Å². The molecule has 9 heteroatoms. The van der Waals surface area contributed by atoms with Crippen molar-refractivity contribution in [2.24, 2.45) is 5.92 Å². The van der Waals surface area contributed by atoms with Crippen LogP contribution in [0, 0.1) is 5.92 Å². The van der Waals surface area contributed by atoms with Crippen LogP contribution in [-0.4, -0.2) is 40.8 Å². The van der Waals surface area contributed by atoms with Crippen LogP contribution in [0.1, 0.15) is 46.5 Å². The number of nitrogens with one attached hydrogen (secondary N) is 2. The number of ether oxygens (including phenoxy) is 1. The highest BCUT2D eigenvalue weighted by atomic mass is 35.6. The summed E-state index contributed by atoms with van der Waals surface area (Å²) in [6.45, 7) is 5.37. The fourth-order valence-electron chi connectivity index (χ4n) is 1.92. The quantitative estimate of drug-likeness (QED) is 0.432. The molecule has 6 nitrogen and oxygen atoms in total. The van der Waals surface area contributed by atoms with Crippen molar-refractivity contribution in [2.45, 2.75) is 62.3 Å². The first-order valence-electron chi connectivity index (χ1n) is 7.84. The molecule has 2 atom stereocenters. The Morgan fingerprint density at radius 1 is 1.21 bits per heavy atom. The monoisotopic (exact) mass is 402 g/mol. The van der Waals surface area contributed by atoms with E-state index in [-0.39, 0.29) is 5.92 Å². The molecule has 0 saturated carbocycles. The van der Waals surface area contributed by atoms with Gasteiger partial charge < -0.3 is 20.2 Å². The van der Waals surface area contributed by atoms with E-state index >= 15 is 0 Å². The van der Waals surface area contributed by atoms with Gasteiger partial charge in [0.15, 0.2) is 0 Å². The molecule has 24 heavy (non-hydrogen) atoms. The van der Waals surface area contributed by atoms with Crippen LogP contribution in [-0.2, 0) is 14.3 Å². The van der Waals surface area contributed by atoms with Crippen LogP contribution in [0.3, 0.4) is 0 Å². The minimum Gasteiger partial charge on any atom is -0.445 e. The summed E-state index contributed by atoms with van der Waals surface area (Å²) in [5.74, 6) is -0.303. The zero-order chi connectivity index (χ0) is 18.8. The largest absolute Gasteiger partial charge is 0.445 e. The molecule has 0 fully saturated rings. The van der Waals surface area contributed by atoms with Crippen molar-refractivity contribution >= 4 is 53.1 Å². The maximum Gasteiger partial charge on any atom is 0.407 e. The zero-order valence-corrected chi connectivity index (χ0v) is 16.4. The van der Waals surface area contributed by atoms with Crippen molar-refractivity contribution in [2.75, 3.05) is 6.61 Å². The summed E-state index contributed by atoms with van der Waals surface area (Å²) in [5, 5.41) is 5.07. The number of hydrogen-bond acceptors (Lipinski definition) is 4. The van der Waals surface area contributed by atoms with E-state index in [4.69, 9.17) is 39.5 Å². The van der Waals surface area contributed by atoms with Crippen LogP contribution in [0.25, 0.3) is 0 Å². The van der Waals surface area contributed by atoms with Crippen LogP contribution >= 0.6 is 34.8 Å². The van der Waals surface area contributed by atoms with Crippen LogP contribution < -0.4 is 10.6 Å². The summed E-state index contributed by atoms with van der Waals surface area (Å²) < 4.78 is 3.04. The fourth-order valence-corrected chi connectivity index (χ4v) is 2.08. The highest BCUT2D eigenvalue weighted by Crippen LogP contribution is 2.25. The molecule has 0 aromatic carbocycles. The number of carbonyl (C=O) groups is 3. The minimum absolute atomic E-state index is 0.138. The van der Waals surface area contributed by atoms with Crippen LogP contribution in [0.15, 0.2) is 0 Å². The van der Waals surface area contributed by atoms with Gasteiger partial charge in [0, 0.05) is 0 Å². The molecule has 0 unspecified atom stereocenters. The Morgan fingerprint density at radius 3 is 2.29 bits per heavy atom. The number of rotatable bonds is 10. The fraction of sp³-hybridized carbons (Fsp3) is 0.800. The molecule has 0 heterocycles. The first kappa shape index (κ1) is 23.3. The van der Waals surface area contributed by atoms with E-state index in [0.717, 1.165) is 12.8 Å². The summed E-state index contributed by atoms with van der Waals surface area (Å²) >= 11 is 16.5. The van der Waals surface area contributed by atoms with Crippen LogP contribution in [0.4, 0.5) is 4.79 Å². The number of aldehydes is 1. The molecule has 0 aliphatic rings. The van der Waals surface area contributed by atoms with Gasteiger partial charge in [-0.3, -0.25) is 4.79 Å². The van der Waals surface area contributed by atoms with Gasteiger partial charge in [-0.15, -0.1) is 0 Å². The van der Waals surface area contributed by atoms with E-state index in [1.165, 1.54) is 0 Å². The standard InChI is InChI=1S/C15H25Cl3N2O4/c1-4-5-6-11(8-21)19-13(22)12(7-10(2)3)20-14(23)24-9-15(16,17)18/h8,10-12H,4-7,9H2,1-3H3,(H,19,22)(H,20,23)/t11-,12-/m0/s1. The smallest absolute Gasteiger partial charge is 0.407 e. The number of amides is 2. The predicted molar refractivity (Wildman–Crippen MR) is 95.5 cm³/mol. The molecule has 0 aliphatic carbocycles. The first-order valence-corrected chi connectivity index (χ1v) is 8.98. The Bertz CT molecular complexity index is 414. The van der Waals surface area contributed by atoms with E-state index in [1.807, 2.05) is 20.8 Å². The second-order valence-corrected chi connectivity index (χ2v) is 8.43. The maximum absolute atomic E-state index is 12.3. The maximum atomic E-state index is 12.3. The summed E-state index contributed by atoms with van der Waals surface area (Å²) in [4.78, 5) is 35.1. The van der Waals surface area contributed by atoms with Gasteiger partial charge in [-0.2, -0.15) is 0 Å². The molecule has 140 valence electrons. The van der Waals surface area contributed by atoms with Crippen molar-refractivity contribution in [3.05, 3.63) is 0 Å². The second-order valence-electron chi connectivity index (χ2n) is 5.91. The molecule has 0 aliphatic heterocycles. The molecule has 0 aromatic heterocycles. The average molecular weight is 404 g/mol. The minimum atomic E-state index is -1.73. The SMILES string of the molecule is CCCC[C@@H](C=O)NC(=O)[C@H](CC(C)C)NC(=O)OCC(Cl)(Cl)Cl. The summed E-state index contributed by atoms with van der Waals surface area (Å²) in [5.41, 5.74) is 0. The number of hydrogen-bond donors (Lipinski definition) is 2. The van der Waals surface area contributed by atoms with Crippen LogP contribution in [0.5, 0.6) is 0 Å². The highest BCUT2D eigenvalue weighted by Gasteiger charge is 2.27. The van der Waals surface area contributed by atoms with Crippen molar-refractivity contribution in [1.29, 1.82) is 0 Å². The Kier molecular flexibility index (Phi) is 11.4. The van der Waals surface area contributed by atoms with Gasteiger partial charge in [0.25, 0.3) is 0 Å². The molecular formula is C15H25Cl3N2O4. The normalized spacial score (nSPS) is 14.0. The number of alkyl carbamates (subject to hydrolysis) is 1. The molecule has 0 radical (unpaired) electrons. The third-order valence-electron chi connectivity index (χ3n) is 3.04. The van der Waals surface area contributed by atoms with E-state index < -0.39 is 34.5 Å². The average Bonchev–Trinajstić information content (AvgIpc) is 2.47. The van der Waals surface area contributed by atoms with Crippen molar-refractivity contribution in [3.63, 3.8) is 0 Å².